The van der Waals surface area contributed by atoms with Crippen molar-refractivity contribution >= 4 is 27.5 Å². The molecule has 0 spiro atoms. The van der Waals surface area contributed by atoms with Crippen LogP contribution in [0.5, 0.6) is 5.88 Å². The Kier molecular flexibility index (Phi) is 4.88. The monoisotopic (exact) mass is 359 g/mol. The molecule has 1 atom stereocenters. The van der Waals surface area contributed by atoms with E-state index in [2.05, 4.69) is 16.9 Å². The zero-order valence-electron chi connectivity index (χ0n) is 14.8. The molecule has 4 rings (SSSR count). The van der Waals surface area contributed by atoms with Gasteiger partial charge in [0.1, 0.15) is 11.2 Å². The van der Waals surface area contributed by atoms with Gasteiger partial charge in [0.15, 0.2) is 6.61 Å². The predicted octanol–water partition coefficient (Wildman–Crippen LogP) is 3.60. The average Bonchev–Trinajstić information content (AvgIpc) is 2.82. The molecule has 2 aliphatic rings. The molecule has 1 aliphatic carbocycles. The smallest absolute Gasteiger partial charge is 0.260 e. The summed E-state index contributed by atoms with van der Waals surface area (Å²) in [7, 11) is 0. The van der Waals surface area contributed by atoms with Gasteiger partial charge in [0.25, 0.3) is 5.91 Å². The standard InChI is InChI=1S/C19H25N3O2S/c1-13-6-5-9-22(10-13)16(23)11-24-18-17-14-7-3-2-4-8-15(14)25-19(17)21-12-20-18/h12-13H,2-11H2,1H3. The van der Waals surface area contributed by atoms with Crippen molar-refractivity contribution < 1.29 is 9.53 Å². The Morgan fingerprint density at radius 1 is 1.28 bits per heavy atom. The van der Waals surface area contributed by atoms with Gasteiger partial charge in [0.05, 0.1) is 5.39 Å². The van der Waals surface area contributed by atoms with Gasteiger partial charge in [-0.15, -0.1) is 11.3 Å². The average molecular weight is 359 g/mol. The SMILES string of the molecule is CC1CCCN(C(=O)COc2ncnc3sc4c(c23)CCCCC4)C1. The van der Waals surface area contributed by atoms with Crippen molar-refractivity contribution in [2.75, 3.05) is 19.7 Å². The summed E-state index contributed by atoms with van der Waals surface area (Å²) in [6, 6.07) is 0. The Morgan fingerprint density at radius 2 is 2.16 bits per heavy atom. The van der Waals surface area contributed by atoms with Gasteiger partial charge in [-0.2, -0.15) is 0 Å². The number of nitrogens with zero attached hydrogens (tertiary/aromatic N) is 3. The Balaban J connectivity index is 1.53. The molecule has 0 bridgehead atoms. The van der Waals surface area contributed by atoms with Crippen LogP contribution in [0.25, 0.3) is 10.2 Å². The van der Waals surface area contributed by atoms with Crippen molar-refractivity contribution in [1.82, 2.24) is 14.9 Å². The van der Waals surface area contributed by atoms with Gasteiger partial charge in [0.2, 0.25) is 5.88 Å². The summed E-state index contributed by atoms with van der Waals surface area (Å²) in [4.78, 5) is 25.6. The summed E-state index contributed by atoms with van der Waals surface area (Å²) in [5, 5.41) is 1.05. The molecule has 0 saturated carbocycles. The third kappa shape index (κ3) is 3.50. The number of hydrogen-bond donors (Lipinski definition) is 0. The van der Waals surface area contributed by atoms with E-state index in [0.29, 0.717) is 11.8 Å². The first kappa shape index (κ1) is 16.8. The van der Waals surface area contributed by atoms with Crippen LogP contribution >= 0.6 is 11.3 Å². The lowest BCUT2D eigenvalue weighted by Gasteiger charge is -2.30. The van der Waals surface area contributed by atoms with E-state index in [9.17, 15) is 4.79 Å². The van der Waals surface area contributed by atoms with Crippen LogP contribution in [0.3, 0.4) is 0 Å². The van der Waals surface area contributed by atoms with E-state index in [-0.39, 0.29) is 12.5 Å². The molecule has 134 valence electrons. The summed E-state index contributed by atoms with van der Waals surface area (Å²) in [6.07, 6.45) is 9.77. The first-order valence-electron chi connectivity index (χ1n) is 9.38. The number of fused-ring (bicyclic) bond motifs is 3. The predicted molar refractivity (Wildman–Crippen MR) is 99.1 cm³/mol. The fourth-order valence-electron chi connectivity index (χ4n) is 3.98. The molecule has 0 N–H and O–H groups in total. The Morgan fingerprint density at radius 3 is 3.04 bits per heavy atom. The molecule has 1 amide bonds. The maximum absolute atomic E-state index is 12.5. The number of aromatic nitrogens is 2. The van der Waals surface area contributed by atoms with E-state index < -0.39 is 0 Å². The van der Waals surface area contributed by atoms with E-state index in [1.165, 1.54) is 36.1 Å². The highest BCUT2D eigenvalue weighted by molar-refractivity contribution is 7.18. The number of carbonyl (C=O) groups is 1. The first-order valence-corrected chi connectivity index (χ1v) is 10.2. The number of rotatable bonds is 3. The second-order valence-corrected chi connectivity index (χ2v) is 8.38. The Bertz CT molecular complexity index is 773. The summed E-state index contributed by atoms with van der Waals surface area (Å²) >= 11 is 1.76. The summed E-state index contributed by atoms with van der Waals surface area (Å²) in [5.74, 6) is 1.23. The lowest BCUT2D eigenvalue weighted by Crippen LogP contribution is -2.41. The van der Waals surface area contributed by atoms with Gasteiger partial charge >= 0.3 is 0 Å². The first-order chi connectivity index (χ1) is 12.2. The van der Waals surface area contributed by atoms with Crippen molar-refractivity contribution in [2.45, 2.75) is 51.9 Å². The van der Waals surface area contributed by atoms with Crippen molar-refractivity contribution in [3.8, 4) is 5.88 Å². The molecular formula is C19H25N3O2S. The zero-order chi connectivity index (χ0) is 17.2. The van der Waals surface area contributed by atoms with E-state index >= 15 is 0 Å². The number of aryl methyl sites for hydroxylation is 2. The highest BCUT2D eigenvalue weighted by atomic mass is 32.1. The molecule has 2 aromatic heterocycles. The fraction of sp³-hybridized carbons (Fsp3) is 0.632. The highest BCUT2D eigenvalue weighted by Gasteiger charge is 2.23. The number of carbonyl (C=O) groups excluding carboxylic acids is 1. The van der Waals surface area contributed by atoms with Crippen LogP contribution in [0.2, 0.25) is 0 Å². The fourth-order valence-corrected chi connectivity index (χ4v) is 5.20. The third-order valence-corrected chi connectivity index (χ3v) is 6.51. The molecule has 0 radical (unpaired) electrons. The minimum absolute atomic E-state index is 0.0691. The molecular weight excluding hydrogens is 334 g/mol. The summed E-state index contributed by atoms with van der Waals surface area (Å²) in [5.41, 5.74) is 1.35. The molecule has 25 heavy (non-hydrogen) atoms. The van der Waals surface area contributed by atoms with E-state index in [1.807, 2.05) is 4.90 Å². The Hall–Kier alpha value is -1.69. The molecule has 3 heterocycles. The van der Waals surface area contributed by atoms with Gasteiger partial charge in [0, 0.05) is 18.0 Å². The van der Waals surface area contributed by atoms with E-state index in [0.717, 1.165) is 42.6 Å². The van der Waals surface area contributed by atoms with Crippen molar-refractivity contribution in [2.24, 2.45) is 5.92 Å². The van der Waals surface area contributed by atoms with Crippen LogP contribution in [0.15, 0.2) is 6.33 Å². The van der Waals surface area contributed by atoms with Gasteiger partial charge in [-0.1, -0.05) is 13.3 Å². The van der Waals surface area contributed by atoms with Gasteiger partial charge in [-0.05, 0) is 50.0 Å². The topological polar surface area (TPSA) is 55.3 Å². The number of ether oxygens (including phenoxy) is 1. The zero-order valence-corrected chi connectivity index (χ0v) is 15.6. The second kappa shape index (κ2) is 7.28. The van der Waals surface area contributed by atoms with Crippen LogP contribution in [0.4, 0.5) is 0 Å². The summed E-state index contributed by atoms with van der Waals surface area (Å²) < 4.78 is 5.90. The molecule has 5 nitrogen and oxygen atoms in total. The summed E-state index contributed by atoms with van der Waals surface area (Å²) in [6.45, 7) is 3.97. The van der Waals surface area contributed by atoms with E-state index in [4.69, 9.17) is 4.74 Å². The maximum atomic E-state index is 12.5. The van der Waals surface area contributed by atoms with Crippen molar-refractivity contribution in [3.63, 3.8) is 0 Å². The number of likely N-dealkylation sites (tertiary alicyclic amines) is 1. The number of hydrogen-bond acceptors (Lipinski definition) is 5. The minimum atomic E-state index is 0.0691. The van der Waals surface area contributed by atoms with Crippen LogP contribution < -0.4 is 4.74 Å². The number of piperidine rings is 1. The molecule has 2 aromatic rings. The normalized spacial score (nSPS) is 21.0. The maximum Gasteiger partial charge on any atom is 0.260 e. The molecule has 1 saturated heterocycles. The van der Waals surface area contributed by atoms with Crippen molar-refractivity contribution in [3.05, 3.63) is 16.8 Å². The van der Waals surface area contributed by atoms with Crippen molar-refractivity contribution in [1.29, 1.82) is 0 Å². The Labute approximate surface area is 152 Å². The van der Waals surface area contributed by atoms with Crippen LogP contribution in [0, 0.1) is 5.92 Å². The van der Waals surface area contributed by atoms with Gasteiger partial charge in [-0.3, -0.25) is 4.79 Å². The second-order valence-electron chi connectivity index (χ2n) is 7.30. The van der Waals surface area contributed by atoms with E-state index in [1.54, 1.807) is 17.7 Å². The lowest BCUT2D eigenvalue weighted by molar-refractivity contribution is -0.135. The van der Waals surface area contributed by atoms with Crippen LogP contribution in [-0.4, -0.2) is 40.5 Å². The highest BCUT2D eigenvalue weighted by Crippen LogP contribution is 2.38. The minimum Gasteiger partial charge on any atom is -0.467 e. The lowest BCUT2D eigenvalue weighted by atomic mass is 10.0. The quantitative estimate of drug-likeness (QED) is 0.786. The van der Waals surface area contributed by atoms with Crippen LogP contribution in [-0.2, 0) is 17.6 Å². The molecule has 1 unspecified atom stereocenters. The largest absolute Gasteiger partial charge is 0.467 e. The number of thiophene rings is 1. The number of amides is 1. The molecule has 0 aromatic carbocycles. The molecule has 1 aliphatic heterocycles. The van der Waals surface area contributed by atoms with Gasteiger partial charge < -0.3 is 9.64 Å². The molecule has 1 fully saturated rings. The van der Waals surface area contributed by atoms with Gasteiger partial charge in [-0.25, -0.2) is 9.97 Å². The molecule has 6 heteroatoms. The van der Waals surface area contributed by atoms with Crippen LogP contribution in [0.1, 0.15) is 49.5 Å². The third-order valence-electron chi connectivity index (χ3n) is 5.31.